The number of hydrogen-bond acceptors (Lipinski definition) is 6. The van der Waals surface area contributed by atoms with Gasteiger partial charge in [0.1, 0.15) is 17.3 Å². The third-order valence-corrected chi connectivity index (χ3v) is 5.55. The second-order valence-corrected chi connectivity index (χ2v) is 7.46. The molecule has 1 atom stereocenters. The molecule has 0 radical (unpaired) electrons. The molecule has 1 aliphatic heterocycles. The highest BCUT2D eigenvalue weighted by molar-refractivity contribution is 9.10. The average molecular weight is 476 g/mol. The number of rotatable bonds is 7. The lowest BCUT2D eigenvalue weighted by atomic mass is 9.95. The van der Waals surface area contributed by atoms with Crippen LogP contribution in [0.5, 0.6) is 11.5 Å². The van der Waals surface area contributed by atoms with Crippen molar-refractivity contribution in [3.8, 4) is 11.5 Å². The third-order valence-electron chi connectivity index (χ3n) is 4.93. The van der Waals surface area contributed by atoms with E-state index >= 15 is 0 Å². The normalized spacial score (nSPS) is 18.0. The first-order chi connectivity index (χ1) is 14.4. The summed E-state index contributed by atoms with van der Waals surface area (Å²) in [6.07, 6.45) is 0. The number of amides is 1. The van der Waals surface area contributed by atoms with Gasteiger partial charge in [-0.05, 0) is 51.8 Å². The zero-order valence-electron chi connectivity index (χ0n) is 16.8. The number of hydrogen-bond donors (Lipinski definition) is 1. The molecule has 1 saturated heterocycles. The van der Waals surface area contributed by atoms with Gasteiger partial charge in [0.05, 0.1) is 36.9 Å². The van der Waals surface area contributed by atoms with Gasteiger partial charge in [-0.3, -0.25) is 9.59 Å². The van der Waals surface area contributed by atoms with E-state index in [9.17, 15) is 14.7 Å². The average Bonchev–Trinajstić information content (AvgIpc) is 3.01. The lowest BCUT2D eigenvalue weighted by Crippen LogP contribution is -2.32. The Balaban J connectivity index is 2.14. The smallest absolute Gasteiger partial charge is 0.295 e. The van der Waals surface area contributed by atoms with Crippen molar-refractivity contribution in [3.63, 3.8) is 0 Å². The Hall–Kier alpha value is -2.84. The Labute approximate surface area is 183 Å². The number of nitrogens with zero attached hydrogens (tertiary/aromatic N) is 1. The fraction of sp³-hybridized carbons (Fsp3) is 0.273. The number of Topliss-reactive ketones (excluding diaryl/α,β-unsaturated/α-hetero) is 1. The monoisotopic (exact) mass is 475 g/mol. The molecule has 0 aromatic heterocycles. The van der Waals surface area contributed by atoms with Crippen LogP contribution in [0.1, 0.15) is 17.2 Å². The summed E-state index contributed by atoms with van der Waals surface area (Å²) in [7, 11) is 4.61. The first kappa shape index (κ1) is 21.9. The molecule has 1 heterocycles. The van der Waals surface area contributed by atoms with Gasteiger partial charge in [-0.2, -0.15) is 0 Å². The Bertz CT molecular complexity index is 986. The number of benzene rings is 2. The lowest BCUT2D eigenvalue weighted by molar-refractivity contribution is -0.140. The highest BCUT2D eigenvalue weighted by Gasteiger charge is 2.45. The van der Waals surface area contributed by atoms with Gasteiger partial charge >= 0.3 is 0 Å². The van der Waals surface area contributed by atoms with Gasteiger partial charge in [0.15, 0.2) is 0 Å². The summed E-state index contributed by atoms with van der Waals surface area (Å²) in [5.74, 6) is -0.443. The second-order valence-electron chi connectivity index (χ2n) is 6.61. The number of likely N-dealkylation sites (tertiary alicyclic amines) is 1. The van der Waals surface area contributed by atoms with Crippen molar-refractivity contribution >= 4 is 33.4 Å². The third kappa shape index (κ3) is 4.06. The number of halogens is 1. The van der Waals surface area contributed by atoms with E-state index < -0.39 is 17.7 Å². The molecule has 7 nitrogen and oxygen atoms in total. The van der Waals surface area contributed by atoms with Gasteiger partial charge in [0, 0.05) is 19.2 Å². The molecule has 8 heteroatoms. The van der Waals surface area contributed by atoms with Crippen LogP contribution >= 0.6 is 15.9 Å². The standard InChI is InChI=1S/C22H22BrNO6/c1-28-11-10-24-19(13-4-7-15(29-2)8-5-13)18(21(26)22(24)27)20(25)14-6-9-17(30-3)16(23)12-14/h4-9,12,19,25H,10-11H2,1-3H3/b20-18-. The Morgan fingerprint density at radius 1 is 1.07 bits per heavy atom. The van der Waals surface area contributed by atoms with Crippen LogP contribution in [0.2, 0.25) is 0 Å². The maximum absolute atomic E-state index is 12.9. The molecule has 0 aliphatic carbocycles. The molecule has 0 saturated carbocycles. The Morgan fingerprint density at radius 3 is 2.33 bits per heavy atom. The first-order valence-corrected chi connectivity index (χ1v) is 9.97. The van der Waals surface area contributed by atoms with E-state index in [1.54, 1.807) is 49.6 Å². The van der Waals surface area contributed by atoms with E-state index in [4.69, 9.17) is 14.2 Å². The minimum atomic E-state index is -0.744. The van der Waals surface area contributed by atoms with Crippen LogP contribution in [0.4, 0.5) is 0 Å². The fourth-order valence-corrected chi connectivity index (χ4v) is 3.94. The summed E-state index contributed by atoms with van der Waals surface area (Å²) < 4.78 is 16.1. The van der Waals surface area contributed by atoms with Crippen LogP contribution in [0, 0.1) is 0 Å². The summed E-state index contributed by atoms with van der Waals surface area (Å²) in [5, 5.41) is 11.0. The number of aliphatic hydroxyl groups is 1. The minimum absolute atomic E-state index is 0.0262. The van der Waals surface area contributed by atoms with Crippen molar-refractivity contribution in [1.82, 2.24) is 4.90 Å². The fourth-order valence-electron chi connectivity index (χ4n) is 3.40. The van der Waals surface area contributed by atoms with Crippen LogP contribution in [-0.2, 0) is 14.3 Å². The molecular formula is C22H22BrNO6. The zero-order chi connectivity index (χ0) is 21.8. The Kier molecular flexibility index (Phi) is 6.79. The molecule has 1 aliphatic rings. The van der Waals surface area contributed by atoms with Crippen LogP contribution in [0.25, 0.3) is 5.76 Å². The van der Waals surface area contributed by atoms with Crippen molar-refractivity contribution < 1.29 is 28.9 Å². The van der Waals surface area contributed by atoms with Gasteiger partial charge in [-0.1, -0.05) is 12.1 Å². The zero-order valence-corrected chi connectivity index (χ0v) is 18.4. The van der Waals surface area contributed by atoms with E-state index in [1.807, 2.05) is 0 Å². The summed E-state index contributed by atoms with van der Waals surface area (Å²) in [4.78, 5) is 27.1. The van der Waals surface area contributed by atoms with Crippen molar-refractivity contribution in [2.24, 2.45) is 0 Å². The molecular weight excluding hydrogens is 454 g/mol. The molecule has 2 aromatic carbocycles. The van der Waals surface area contributed by atoms with Crippen molar-refractivity contribution in [2.75, 3.05) is 34.5 Å². The van der Waals surface area contributed by atoms with Gasteiger partial charge in [-0.25, -0.2) is 0 Å². The number of ether oxygens (including phenoxy) is 3. The van der Waals surface area contributed by atoms with Gasteiger partial charge < -0.3 is 24.2 Å². The van der Waals surface area contributed by atoms with E-state index in [1.165, 1.54) is 19.1 Å². The first-order valence-electron chi connectivity index (χ1n) is 9.18. The van der Waals surface area contributed by atoms with Crippen LogP contribution in [0.15, 0.2) is 52.5 Å². The highest BCUT2D eigenvalue weighted by atomic mass is 79.9. The lowest BCUT2D eigenvalue weighted by Gasteiger charge is -2.25. The second kappa shape index (κ2) is 9.32. The molecule has 0 bridgehead atoms. The molecule has 3 rings (SSSR count). The van der Waals surface area contributed by atoms with Crippen molar-refractivity contribution in [3.05, 3.63) is 63.6 Å². The van der Waals surface area contributed by atoms with Gasteiger partial charge in [-0.15, -0.1) is 0 Å². The van der Waals surface area contributed by atoms with Crippen LogP contribution in [-0.4, -0.2) is 56.2 Å². The Morgan fingerprint density at radius 2 is 1.77 bits per heavy atom. The maximum Gasteiger partial charge on any atom is 0.295 e. The molecule has 1 fully saturated rings. The highest BCUT2D eigenvalue weighted by Crippen LogP contribution is 2.40. The van der Waals surface area contributed by atoms with E-state index in [0.29, 0.717) is 27.1 Å². The minimum Gasteiger partial charge on any atom is -0.507 e. The van der Waals surface area contributed by atoms with E-state index in [-0.39, 0.29) is 24.5 Å². The SMILES string of the molecule is COCCN1C(=O)C(=O)/C(=C(\O)c2ccc(OC)c(Br)c2)C1c1ccc(OC)cc1. The van der Waals surface area contributed by atoms with Crippen molar-refractivity contribution in [1.29, 1.82) is 0 Å². The number of carbonyl (C=O) groups is 2. The van der Waals surface area contributed by atoms with E-state index in [0.717, 1.165) is 0 Å². The number of ketones is 1. The predicted octanol–water partition coefficient (Wildman–Crippen LogP) is 3.53. The molecule has 1 amide bonds. The number of methoxy groups -OCH3 is 3. The quantitative estimate of drug-likeness (QED) is 0.374. The van der Waals surface area contributed by atoms with Crippen LogP contribution < -0.4 is 9.47 Å². The van der Waals surface area contributed by atoms with Gasteiger partial charge in [0.25, 0.3) is 11.7 Å². The summed E-state index contributed by atoms with van der Waals surface area (Å²) in [5.41, 5.74) is 1.10. The summed E-state index contributed by atoms with van der Waals surface area (Å²) >= 11 is 3.38. The largest absolute Gasteiger partial charge is 0.507 e. The van der Waals surface area contributed by atoms with Crippen molar-refractivity contribution in [2.45, 2.75) is 6.04 Å². The summed E-state index contributed by atoms with van der Waals surface area (Å²) in [6.45, 7) is 0.467. The maximum atomic E-state index is 12.9. The molecule has 0 spiro atoms. The molecule has 2 aromatic rings. The molecule has 30 heavy (non-hydrogen) atoms. The summed E-state index contributed by atoms with van der Waals surface area (Å²) in [6, 6.07) is 11.2. The van der Waals surface area contributed by atoms with Gasteiger partial charge in [0.2, 0.25) is 0 Å². The number of carbonyl (C=O) groups excluding carboxylic acids is 2. The molecule has 158 valence electrons. The number of aliphatic hydroxyl groups excluding tert-OH is 1. The predicted molar refractivity (Wildman–Crippen MR) is 115 cm³/mol. The molecule has 1 unspecified atom stereocenters. The topological polar surface area (TPSA) is 85.3 Å². The van der Waals surface area contributed by atoms with E-state index in [2.05, 4.69) is 15.9 Å². The molecule has 1 N–H and O–H groups in total. The van der Waals surface area contributed by atoms with Crippen LogP contribution in [0.3, 0.4) is 0 Å².